The molecule has 1 aromatic heterocycles. The maximum Gasteiger partial charge on any atom is 0.357 e. The standard InChI is InChI=1S/C14H15N3O3/c1-16(9-6-7-9)12(18)8-17-11-5-3-2-4-10(11)13(15-17)14(19)20/h2-5,9H,6-8H2,1H3,(H,19,20). The maximum atomic E-state index is 12.1. The Morgan fingerprint density at radius 2 is 2.10 bits per heavy atom. The van der Waals surface area contributed by atoms with E-state index in [0.717, 1.165) is 12.8 Å². The number of para-hydroxylation sites is 1. The molecule has 0 saturated heterocycles. The molecule has 1 aliphatic rings. The average molecular weight is 273 g/mol. The van der Waals surface area contributed by atoms with Gasteiger partial charge in [-0.3, -0.25) is 9.48 Å². The van der Waals surface area contributed by atoms with E-state index in [-0.39, 0.29) is 18.1 Å². The topological polar surface area (TPSA) is 75.4 Å². The van der Waals surface area contributed by atoms with Gasteiger partial charge in [0.05, 0.1) is 5.52 Å². The molecule has 0 spiro atoms. The van der Waals surface area contributed by atoms with Gasteiger partial charge in [-0.2, -0.15) is 5.10 Å². The molecule has 6 heteroatoms. The van der Waals surface area contributed by atoms with Gasteiger partial charge in [-0.05, 0) is 18.9 Å². The van der Waals surface area contributed by atoms with Crippen molar-refractivity contribution in [1.29, 1.82) is 0 Å². The van der Waals surface area contributed by atoms with Crippen molar-refractivity contribution in [1.82, 2.24) is 14.7 Å². The Morgan fingerprint density at radius 1 is 1.40 bits per heavy atom. The highest BCUT2D eigenvalue weighted by Gasteiger charge is 2.30. The van der Waals surface area contributed by atoms with Gasteiger partial charge in [-0.25, -0.2) is 4.79 Å². The van der Waals surface area contributed by atoms with Crippen molar-refractivity contribution in [3.63, 3.8) is 0 Å². The van der Waals surface area contributed by atoms with Crippen LogP contribution in [0.5, 0.6) is 0 Å². The number of likely N-dealkylation sites (N-methyl/N-ethyl adjacent to an activating group) is 1. The van der Waals surface area contributed by atoms with Gasteiger partial charge >= 0.3 is 5.97 Å². The first-order valence-electron chi connectivity index (χ1n) is 6.52. The van der Waals surface area contributed by atoms with Crippen LogP contribution in [0.1, 0.15) is 23.3 Å². The molecular weight excluding hydrogens is 258 g/mol. The van der Waals surface area contributed by atoms with E-state index >= 15 is 0 Å². The molecule has 6 nitrogen and oxygen atoms in total. The van der Waals surface area contributed by atoms with E-state index in [1.165, 1.54) is 4.68 Å². The second-order valence-corrected chi connectivity index (χ2v) is 5.06. The highest BCUT2D eigenvalue weighted by molar-refractivity contribution is 6.01. The number of aromatic carboxylic acids is 1. The Morgan fingerprint density at radius 3 is 2.75 bits per heavy atom. The summed E-state index contributed by atoms with van der Waals surface area (Å²) in [6.45, 7) is 0.0702. The van der Waals surface area contributed by atoms with Gasteiger partial charge in [-0.15, -0.1) is 0 Å². The smallest absolute Gasteiger partial charge is 0.357 e. The molecular formula is C14H15N3O3. The molecule has 1 amide bonds. The molecule has 1 aromatic carbocycles. The Balaban J connectivity index is 1.95. The van der Waals surface area contributed by atoms with Crippen LogP contribution >= 0.6 is 0 Å². The number of carboxylic acid groups (broad SMARTS) is 1. The summed E-state index contributed by atoms with van der Waals surface area (Å²) in [6, 6.07) is 7.39. The van der Waals surface area contributed by atoms with E-state index in [0.29, 0.717) is 16.9 Å². The number of carboxylic acids is 1. The van der Waals surface area contributed by atoms with Crippen molar-refractivity contribution >= 4 is 22.8 Å². The van der Waals surface area contributed by atoms with Crippen molar-refractivity contribution in [2.75, 3.05) is 7.05 Å². The van der Waals surface area contributed by atoms with Gasteiger partial charge in [0.15, 0.2) is 5.69 Å². The molecule has 0 radical (unpaired) electrons. The minimum Gasteiger partial charge on any atom is -0.476 e. The summed E-state index contributed by atoms with van der Waals surface area (Å²) in [5.74, 6) is -1.12. The van der Waals surface area contributed by atoms with Crippen LogP contribution in [0.15, 0.2) is 24.3 Å². The Bertz CT molecular complexity index is 688. The third-order valence-corrected chi connectivity index (χ3v) is 3.63. The lowest BCUT2D eigenvalue weighted by Crippen LogP contribution is -2.32. The second kappa shape index (κ2) is 4.63. The second-order valence-electron chi connectivity index (χ2n) is 5.06. The molecule has 104 valence electrons. The van der Waals surface area contributed by atoms with Crippen LogP contribution in [-0.2, 0) is 11.3 Å². The number of aromatic nitrogens is 2. The molecule has 1 aliphatic carbocycles. The lowest BCUT2D eigenvalue weighted by atomic mass is 10.2. The summed E-state index contributed by atoms with van der Waals surface area (Å²) in [5.41, 5.74) is 0.657. The van der Waals surface area contributed by atoms with Gasteiger partial charge in [0.25, 0.3) is 0 Å². The first kappa shape index (κ1) is 12.7. The Labute approximate surface area is 115 Å². The van der Waals surface area contributed by atoms with Crippen LogP contribution in [0.4, 0.5) is 0 Å². The number of benzene rings is 1. The average Bonchev–Trinajstić information content (AvgIpc) is 3.21. The molecule has 3 rings (SSSR count). The minimum atomic E-state index is -1.08. The van der Waals surface area contributed by atoms with Gasteiger partial charge < -0.3 is 10.0 Å². The zero-order valence-electron chi connectivity index (χ0n) is 11.1. The van der Waals surface area contributed by atoms with Crippen LogP contribution in [0.25, 0.3) is 10.9 Å². The fourth-order valence-corrected chi connectivity index (χ4v) is 2.31. The van der Waals surface area contributed by atoms with Gasteiger partial charge in [0.2, 0.25) is 5.91 Å². The van der Waals surface area contributed by atoms with E-state index in [2.05, 4.69) is 5.10 Å². The molecule has 1 heterocycles. The Kier molecular flexibility index (Phi) is 2.93. The van der Waals surface area contributed by atoms with E-state index in [4.69, 9.17) is 5.11 Å². The SMILES string of the molecule is CN(C(=O)Cn1nc(C(=O)O)c2ccccc21)C1CC1. The first-order chi connectivity index (χ1) is 9.58. The summed E-state index contributed by atoms with van der Waals surface area (Å²) in [6.07, 6.45) is 2.09. The first-order valence-corrected chi connectivity index (χ1v) is 6.52. The molecule has 20 heavy (non-hydrogen) atoms. The van der Waals surface area contributed by atoms with E-state index in [1.807, 2.05) is 0 Å². The van der Waals surface area contributed by atoms with Crippen molar-refractivity contribution < 1.29 is 14.7 Å². The summed E-state index contributed by atoms with van der Waals surface area (Å²) >= 11 is 0. The Hall–Kier alpha value is -2.37. The zero-order valence-corrected chi connectivity index (χ0v) is 11.1. The molecule has 2 aromatic rings. The van der Waals surface area contributed by atoms with Crippen LogP contribution in [0.3, 0.4) is 0 Å². The largest absolute Gasteiger partial charge is 0.476 e. The highest BCUT2D eigenvalue weighted by Crippen LogP contribution is 2.26. The predicted molar refractivity (Wildman–Crippen MR) is 72.5 cm³/mol. The molecule has 0 atom stereocenters. The third kappa shape index (κ3) is 2.13. The fraction of sp³-hybridized carbons (Fsp3) is 0.357. The quantitative estimate of drug-likeness (QED) is 0.912. The predicted octanol–water partition coefficient (Wildman–Crippen LogP) is 1.36. The molecule has 0 bridgehead atoms. The molecule has 0 aliphatic heterocycles. The number of nitrogens with zero attached hydrogens (tertiary/aromatic N) is 3. The van der Waals surface area contributed by atoms with Crippen molar-refractivity contribution in [3.05, 3.63) is 30.0 Å². The van der Waals surface area contributed by atoms with E-state index in [9.17, 15) is 9.59 Å². The summed E-state index contributed by atoms with van der Waals surface area (Å²) < 4.78 is 1.47. The van der Waals surface area contributed by atoms with Gasteiger partial charge in [0.1, 0.15) is 6.54 Å². The number of carbonyl (C=O) groups is 2. The summed E-state index contributed by atoms with van der Waals surface area (Å²) in [7, 11) is 1.78. The monoisotopic (exact) mass is 273 g/mol. The van der Waals surface area contributed by atoms with Crippen molar-refractivity contribution in [2.45, 2.75) is 25.4 Å². The van der Waals surface area contributed by atoms with Crippen LogP contribution in [0, 0.1) is 0 Å². The van der Waals surface area contributed by atoms with Crippen LogP contribution in [-0.4, -0.2) is 44.8 Å². The van der Waals surface area contributed by atoms with E-state index in [1.54, 1.807) is 36.2 Å². The van der Waals surface area contributed by atoms with Crippen molar-refractivity contribution in [3.8, 4) is 0 Å². The number of hydrogen-bond donors (Lipinski definition) is 1. The third-order valence-electron chi connectivity index (χ3n) is 3.63. The number of carbonyl (C=O) groups excluding carboxylic acids is 1. The zero-order chi connectivity index (χ0) is 14.3. The maximum absolute atomic E-state index is 12.1. The van der Waals surface area contributed by atoms with Crippen molar-refractivity contribution in [2.24, 2.45) is 0 Å². The molecule has 0 unspecified atom stereocenters. The van der Waals surface area contributed by atoms with E-state index < -0.39 is 5.97 Å². The number of rotatable bonds is 4. The fourth-order valence-electron chi connectivity index (χ4n) is 2.31. The number of amides is 1. The van der Waals surface area contributed by atoms with Gasteiger partial charge in [0, 0.05) is 18.5 Å². The normalized spacial score (nSPS) is 14.4. The van der Waals surface area contributed by atoms with Gasteiger partial charge in [-0.1, -0.05) is 18.2 Å². The van der Waals surface area contributed by atoms with Crippen LogP contribution in [0.2, 0.25) is 0 Å². The molecule has 1 fully saturated rings. The summed E-state index contributed by atoms with van der Waals surface area (Å²) in [5, 5.41) is 13.8. The molecule has 1 N–H and O–H groups in total. The lowest BCUT2D eigenvalue weighted by Gasteiger charge is -2.16. The highest BCUT2D eigenvalue weighted by atomic mass is 16.4. The summed E-state index contributed by atoms with van der Waals surface area (Å²) in [4.78, 5) is 25.0. The number of hydrogen-bond acceptors (Lipinski definition) is 3. The van der Waals surface area contributed by atoms with Crippen LogP contribution < -0.4 is 0 Å². The lowest BCUT2D eigenvalue weighted by molar-refractivity contribution is -0.131. The minimum absolute atomic E-state index is 0.0116. The number of fused-ring (bicyclic) bond motifs is 1. The molecule has 1 saturated carbocycles.